The van der Waals surface area contributed by atoms with Gasteiger partial charge in [-0.05, 0) is 6.42 Å². The van der Waals surface area contributed by atoms with Gasteiger partial charge in [0, 0.05) is 26.0 Å². The minimum Gasteiger partial charge on any atom is -0.368 e. The number of likely N-dealkylation sites (N-methyl/N-ethyl adjacent to an activating group) is 1. The van der Waals surface area contributed by atoms with Crippen molar-refractivity contribution >= 4 is 17.8 Å². The van der Waals surface area contributed by atoms with Gasteiger partial charge in [0.05, 0.1) is 6.54 Å². The summed E-state index contributed by atoms with van der Waals surface area (Å²) in [5.41, 5.74) is 5.74. The van der Waals surface area contributed by atoms with Crippen LogP contribution in [0.3, 0.4) is 0 Å². The fourth-order valence-corrected chi connectivity index (χ4v) is 1.78. The molecule has 9 heteroatoms. The molecule has 0 radical (unpaired) electrons. The molecule has 1 amide bonds. The number of hydrogen-bond donors (Lipinski definition) is 2. The van der Waals surface area contributed by atoms with Crippen molar-refractivity contribution in [1.29, 1.82) is 0 Å². The molecule has 0 bridgehead atoms. The fourth-order valence-electron chi connectivity index (χ4n) is 1.78. The van der Waals surface area contributed by atoms with Gasteiger partial charge in [-0.25, -0.2) is 4.98 Å². The Kier molecular flexibility index (Phi) is 4.64. The standard InChI is InChI=1S/C12H18N8O/c1-3-5-19(7-9(21)14-2)11-16-10(13)17-12(18-11)20-6-4-15-8-20/h4,6,8H,3,5,7H2,1-2H3,(H,14,21)(H2,13,16,17,18). The number of nitrogen functional groups attached to an aromatic ring is 1. The number of anilines is 2. The summed E-state index contributed by atoms with van der Waals surface area (Å²) in [6.07, 6.45) is 5.75. The Labute approximate surface area is 122 Å². The first-order valence-electron chi connectivity index (χ1n) is 6.59. The van der Waals surface area contributed by atoms with Gasteiger partial charge < -0.3 is 16.0 Å². The summed E-state index contributed by atoms with van der Waals surface area (Å²) in [6, 6.07) is 0. The molecule has 0 aliphatic carbocycles. The predicted molar refractivity (Wildman–Crippen MR) is 77.9 cm³/mol. The minimum atomic E-state index is -0.119. The predicted octanol–water partition coefficient (Wildman–Crippen LogP) is -0.398. The summed E-state index contributed by atoms with van der Waals surface area (Å²) < 4.78 is 1.63. The monoisotopic (exact) mass is 290 g/mol. The quantitative estimate of drug-likeness (QED) is 0.744. The van der Waals surface area contributed by atoms with Gasteiger partial charge in [0.15, 0.2) is 0 Å². The van der Waals surface area contributed by atoms with Crippen LogP contribution in [0.2, 0.25) is 0 Å². The third-order valence-electron chi connectivity index (χ3n) is 2.75. The van der Waals surface area contributed by atoms with Crippen LogP contribution in [0.5, 0.6) is 0 Å². The molecule has 2 rings (SSSR count). The van der Waals surface area contributed by atoms with Crippen molar-refractivity contribution in [3.63, 3.8) is 0 Å². The lowest BCUT2D eigenvalue weighted by Gasteiger charge is -2.21. The number of imidazole rings is 1. The van der Waals surface area contributed by atoms with Crippen LogP contribution in [0.15, 0.2) is 18.7 Å². The Hall–Kier alpha value is -2.71. The van der Waals surface area contributed by atoms with E-state index in [2.05, 4.69) is 25.3 Å². The molecule has 0 aliphatic rings. The molecule has 21 heavy (non-hydrogen) atoms. The van der Waals surface area contributed by atoms with Gasteiger partial charge in [-0.3, -0.25) is 9.36 Å². The summed E-state index contributed by atoms with van der Waals surface area (Å²) >= 11 is 0. The third-order valence-corrected chi connectivity index (χ3v) is 2.75. The Balaban J connectivity index is 2.33. The van der Waals surface area contributed by atoms with E-state index in [1.165, 1.54) is 0 Å². The van der Waals surface area contributed by atoms with Gasteiger partial charge in [0.25, 0.3) is 0 Å². The van der Waals surface area contributed by atoms with Gasteiger partial charge in [-0.2, -0.15) is 15.0 Å². The van der Waals surface area contributed by atoms with Crippen LogP contribution in [0.25, 0.3) is 5.95 Å². The van der Waals surface area contributed by atoms with E-state index >= 15 is 0 Å². The van der Waals surface area contributed by atoms with Crippen LogP contribution < -0.4 is 16.0 Å². The molecule has 3 N–H and O–H groups in total. The maximum atomic E-state index is 11.6. The van der Waals surface area contributed by atoms with Crippen molar-refractivity contribution in [2.75, 3.05) is 30.8 Å². The number of aromatic nitrogens is 5. The lowest BCUT2D eigenvalue weighted by atomic mass is 10.4. The highest BCUT2D eigenvalue weighted by Gasteiger charge is 2.15. The molecule has 0 aliphatic heterocycles. The smallest absolute Gasteiger partial charge is 0.241 e. The highest BCUT2D eigenvalue weighted by Crippen LogP contribution is 2.12. The molecule has 0 fully saturated rings. The van der Waals surface area contributed by atoms with Crippen molar-refractivity contribution in [2.24, 2.45) is 0 Å². The second-order valence-corrected chi connectivity index (χ2v) is 4.36. The fraction of sp³-hybridized carbons (Fsp3) is 0.417. The van der Waals surface area contributed by atoms with E-state index in [0.717, 1.165) is 6.42 Å². The summed E-state index contributed by atoms with van der Waals surface area (Å²) in [5.74, 6) is 0.720. The Morgan fingerprint density at radius 1 is 1.43 bits per heavy atom. The summed E-state index contributed by atoms with van der Waals surface area (Å²) in [7, 11) is 1.59. The molecule has 0 spiro atoms. The number of hydrogen-bond acceptors (Lipinski definition) is 7. The number of carbonyl (C=O) groups excluding carboxylic acids is 1. The summed E-state index contributed by atoms with van der Waals surface area (Å²) in [6.45, 7) is 2.82. The van der Waals surface area contributed by atoms with E-state index in [1.54, 1.807) is 35.2 Å². The Morgan fingerprint density at radius 3 is 2.86 bits per heavy atom. The van der Waals surface area contributed by atoms with Crippen LogP contribution in [0, 0.1) is 0 Å². The van der Waals surface area contributed by atoms with Crippen molar-refractivity contribution in [1.82, 2.24) is 29.8 Å². The zero-order valence-corrected chi connectivity index (χ0v) is 12.0. The van der Waals surface area contributed by atoms with Crippen molar-refractivity contribution < 1.29 is 4.79 Å². The lowest BCUT2D eigenvalue weighted by Crippen LogP contribution is -2.37. The molecule has 9 nitrogen and oxygen atoms in total. The number of nitrogens with one attached hydrogen (secondary N) is 1. The largest absolute Gasteiger partial charge is 0.368 e. The second kappa shape index (κ2) is 6.64. The van der Waals surface area contributed by atoms with Crippen LogP contribution >= 0.6 is 0 Å². The van der Waals surface area contributed by atoms with E-state index < -0.39 is 0 Å². The highest BCUT2D eigenvalue weighted by atomic mass is 16.1. The maximum absolute atomic E-state index is 11.6. The molecule has 112 valence electrons. The van der Waals surface area contributed by atoms with E-state index in [-0.39, 0.29) is 18.4 Å². The SMILES string of the molecule is CCCN(CC(=O)NC)c1nc(N)nc(-n2ccnc2)n1. The molecule has 0 unspecified atom stereocenters. The third kappa shape index (κ3) is 3.65. The topological polar surface area (TPSA) is 115 Å². The average Bonchev–Trinajstić information content (AvgIpc) is 3.00. The van der Waals surface area contributed by atoms with Crippen LogP contribution in [0.4, 0.5) is 11.9 Å². The zero-order valence-electron chi connectivity index (χ0n) is 12.0. The summed E-state index contributed by atoms with van der Waals surface area (Å²) in [4.78, 5) is 29.8. The molecular formula is C12H18N8O. The first-order valence-corrected chi connectivity index (χ1v) is 6.59. The van der Waals surface area contributed by atoms with Crippen LogP contribution in [-0.4, -0.2) is 50.5 Å². The van der Waals surface area contributed by atoms with Crippen molar-refractivity contribution in [2.45, 2.75) is 13.3 Å². The highest BCUT2D eigenvalue weighted by molar-refractivity contribution is 5.80. The van der Waals surface area contributed by atoms with Crippen LogP contribution in [-0.2, 0) is 4.79 Å². The van der Waals surface area contributed by atoms with Crippen molar-refractivity contribution in [3.8, 4) is 5.95 Å². The zero-order chi connectivity index (χ0) is 15.2. The normalized spacial score (nSPS) is 10.4. The summed E-state index contributed by atoms with van der Waals surface area (Å²) in [5, 5.41) is 2.58. The molecular weight excluding hydrogens is 272 g/mol. The first-order chi connectivity index (χ1) is 10.1. The van der Waals surface area contributed by atoms with Gasteiger partial charge in [-0.1, -0.05) is 6.92 Å². The molecule has 2 aromatic rings. The lowest BCUT2D eigenvalue weighted by molar-refractivity contribution is -0.119. The van der Waals surface area contributed by atoms with Gasteiger partial charge in [0.1, 0.15) is 6.33 Å². The van der Waals surface area contributed by atoms with Crippen LogP contribution in [0.1, 0.15) is 13.3 Å². The molecule has 2 heterocycles. The molecule has 0 aromatic carbocycles. The molecule has 2 aromatic heterocycles. The number of nitrogens with zero attached hydrogens (tertiary/aromatic N) is 6. The maximum Gasteiger partial charge on any atom is 0.241 e. The molecule has 0 saturated heterocycles. The van der Waals surface area contributed by atoms with E-state index in [1.807, 2.05) is 6.92 Å². The van der Waals surface area contributed by atoms with E-state index in [0.29, 0.717) is 18.4 Å². The number of rotatable bonds is 6. The number of carbonyl (C=O) groups is 1. The minimum absolute atomic E-state index is 0.0988. The first kappa shape index (κ1) is 14.7. The van der Waals surface area contributed by atoms with E-state index in [4.69, 9.17) is 5.73 Å². The van der Waals surface area contributed by atoms with Gasteiger partial charge in [-0.15, -0.1) is 0 Å². The molecule has 0 atom stereocenters. The average molecular weight is 290 g/mol. The van der Waals surface area contributed by atoms with Crippen molar-refractivity contribution in [3.05, 3.63) is 18.7 Å². The van der Waals surface area contributed by atoms with E-state index in [9.17, 15) is 4.79 Å². The number of amides is 1. The van der Waals surface area contributed by atoms with Gasteiger partial charge in [0.2, 0.25) is 23.8 Å². The van der Waals surface area contributed by atoms with Gasteiger partial charge >= 0.3 is 0 Å². The Morgan fingerprint density at radius 2 is 2.24 bits per heavy atom. The Bertz CT molecular complexity index is 597. The number of nitrogens with two attached hydrogens (primary N) is 1. The second-order valence-electron chi connectivity index (χ2n) is 4.36. The molecule has 0 saturated carbocycles.